The summed E-state index contributed by atoms with van der Waals surface area (Å²) in [5.41, 5.74) is 7.88. The van der Waals surface area contributed by atoms with Gasteiger partial charge in [0.1, 0.15) is 0 Å². The number of carbonyl (C=O) groups excluding carboxylic acids is 3. The lowest BCUT2D eigenvalue weighted by Gasteiger charge is -2.52. The van der Waals surface area contributed by atoms with Gasteiger partial charge in [0, 0.05) is 49.0 Å². The van der Waals surface area contributed by atoms with E-state index < -0.39 is 6.03 Å². The van der Waals surface area contributed by atoms with Gasteiger partial charge in [-0.3, -0.25) is 19.5 Å². The van der Waals surface area contributed by atoms with Crippen LogP contribution < -0.4 is 21.7 Å². The van der Waals surface area contributed by atoms with Crippen molar-refractivity contribution in [3.8, 4) is 11.8 Å². The Labute approximate surface area is 221 Å². The standard InChI is InChI=1S/C28H34N6O4/c1-31-22-18-20(4-5-21(22)34(26(31)38)33-17-8-23(35)30-25(33)37)3-2-19-6-15-32(16-7-19)24(36)27-9-12-28(29,13-10-27)14-11-27/h4-5,18-19H,6-17,29H2,1H3,(H,30,35,37). The first-order valence-electron chi connectivity index (χ1n) is 13.6. The van der Waals surface area contributed by atoms with Crippen LogP contribution in [0.2, 0.25) is 0 Å². The molecule has 2 aromatic rings. The van der Waals surface area contributed by atoms with Gasteiger partial charge in [-0.05, 0) is 69.6 Å². The summed E-state index contributed by atoms with van der Waals surface area (Å²) in [7, 11) is 1.66. The molecule has 2 bridgehead atoms. The van der Waals surface area contributed by atoms with E-state index in [-0.39, 0.29) is 41.4 Å². The van der Waals surface area contributed by atoms with Crippen molar-refractivity contribution in [1.29, 1.82) is 0 Å². The number of imide groups is 1. The summed E-state index contributed by atoms with van der Waals surface area (Å²) in [4.78, 5) is 52.3. The monoisotopic (exact) mass is 518 g/mol. The Bertz CT molecular complexity index is 1430. The number of aromatic nitrogens is 2. The van der Waals surface area contributed by atoms with Crippen molar-refractivity contribution in [2.24, 2.45) is 24.1 Å². The Morgan fingerprint density at radius 1 is 1.00 bits per heavy atom. The average Bonchev–Trinajstić information content (AvgIpc) is 3.17. The van der Waals surface area contributed by atoms with Gasteiger partial charge in [0.2, 0.25) is 11.8 Å². The fourth-order valence-electron chi connectivity index (χ4n) is 6.66. The minimum Gasteiger partial charge on any atom is -0.342 e. The highest BCUT2D eigenvalue weighted by atomic mass is 16.2. The number of amides is 4. The Balaban J connectivity index is 1.14. The van der Waals surface area contributed by atoms with E-state index in [0.717, 1.165) is 70.0 Å². The number of aryl methyl sites for hydroxylation is 1. The average molecular weight is 519 g/mol. The zero-order valence-corrected chi connectivity index (χ0v) is 21.8. The number of carbonyl (C=O) groups is 3. The van der Waals surface area contributed by atoms with E-state index >= 15 is 0 Å². The molecule has 3 aliphatic carbocycles. The number of benzene rings is 1. The summed E-state index contributed by atoms with van der Waals surface area (Å²) in [6, 6.07) is 4.88. The molecule has 1 aromatic heterocycles. The number of likely N-dealkylation sites (tertiary alicyclic amines) is 1. The highest BCUT2D eigenvalue weighted by molar-refractivity contribution is 6.02. The molecule has 5 fully saturated rings. The first kappa shape index (κ1) is 24.7. The molecule has 0 atom stereocenters. The number of nitrogens with two attached hydrogens (primary N) is 1. The van der Waals surface area contributed by atoms with Gasteiger partial charge in [0.05, 0.1) is 17.6 Å². The molecule has 7 rings (SSSR count). The fourth-order valence-corrected chi connectivity index (χ4v) is 6.66. The van der Waals surface area contributed by atoms with Gasteiger partial charge < -0.3 is 10.6 Å². The second-order valence-corrected chi connectivity index (χ2v) is 11.6. The third-order valence-corrected chi connectivity index (χ3v) is 9.27. The largest absolute Gasteiger partial charge is 0.348 e. The molecule has 1 aromatic carbocycles. The second kappa shape index (κ2) is 9.02. The van der Waals surface area contributed by atoms with Crippen molar-refractivity contribution in [1.82, 2.24) is 19.5 Å². The molecule has 10 nitrogen and oxygen atoms in total. The molecule has 0 radical (unpaired) electrons. The molecule has 38 heavy (non-hydrogen) atoms. The third-order valence-electron chi connectivity index (χ3n) is 9.27. The van der Waals surface area contributed by atoms with Crippen molar-refractivity contribution < 1.29 is 14.4 Å². The summed E-state index contributed by atoms with van der Waals surface area (Å²) in [5.74, 6) is 6.84. The first-order valence-corrected chi connectivity index (χ1v) is 13.6. The van der Waals surface area contributed by atoms with Gasteiger partial charge in [-0.1, -0.05) is 11.8 Å². The number of fused-ring (bicyclic) bond motifs is 4. The van der Waals surface area contributed by atoms with E-state index in [0.29, 0.717) is 16.9 Å². The van der Waals surface area contributed by atoms with Crippen LogP contribution in [0.15, 0.2) is 23.0 Å². The number of piperidine rings is 1. The highest BCUT2D eigenvalue weighted by Gasteiger charge is 2.52. The maximum atomic E-state index is 13.4. The highest BCUT2D eigenvalue weighted by Crippen LogP contribution is 2.52. The lowest BCUT2D eigenvalue weighted by molar-refractivity contribution is -0.150. The predicted molar refractivity (Wildman–Crippen MR) is 142 cm³/mol. The molecule has 3 saturated carbocycles. The van der Waals surface area contributed by atoms with Gasteiger partial charge in [-0.15, -0.1) is 0 Å². The predicted octanol–water partition coefficient (Wildman–Crippen LogP) is 1.56. The molecule has 2 aliphatic heterocycles. The Morgan fingerprint density at radius 2 is 1.68 bits per heavy atom. The summed E-state index contributed by atoms with van der Waals surface area (Å²) in [6.45, 7) is 1.62. The normalized spacial score (nSPS) is 27.8. The smallest absolute Gasteiger partial charge is 0.342 e. The van der Waals surface area contributed by atoms with Gasteiger partial charge in [-0.25, -0.2) is 14.6 Å². The number of nitrogens with one attached hydrogen (secondary N) is 1. The minimum atomic E-state index is -0.608. The molecule has 4 amide bonds. The second-order valence-electron chi connectivity index (χ2n) is 11.6. The van der Waals surface area contributed by atoms with Gasteiger partial charge >= 0.3 is 11.7 Å². The number of rotatable bonds is 2. The molecule has 3 N–H and O–H groups in total. The fraction of sp³-hybridized carbons (Fsp3) is 0.571. The number of nitrogens with zero attached hydrogens (tertiary/aromatic N) is 4. The van der Waals surface area contributed by atoms with Crippen LogP contribution >= 0.6 is 0 Å². The van der Waals surface area contributed by atoms with Crippen LogP contribution in [0, 0.1) is 23.2 Å². The Morgan fingerprint density at radius 3 is 2.34 bits per heavy atom. The van der Waals surface area contributed by atoms with Crippen molar-refractivity contribution in [3.63, 3.8) is 0 Å². The van der Waals surface area contributed by atoms with Crippen molar-refractivity contribution in [3.05, 3.63) is 34.2 Å². The van der Waals surface area contributed by atoms with Crippen LogP contribution in [0.25, 0.3) is 11.0 Å². The Kier molecular flexibility index (Phi) is 5.87. The molecule has 2 saturated heterocycles. The number of hydrogen-bond acceptors (Lipinski definition) is 5. The lowest BCUT2D eigenvalue weighted by Crippen LogP contribution is -2.57. The van der Waals surface area contributed by atoms with Crippen molar-refractivity contribution in [2.75, 3.05) is 24.6 Å². The van der Waals surface area contributed by atoms with E-state index in [9.17, 15) is 19.2 Å². The van der Waals surface area contributed by atoms with Crippen LogP contribution in [0.3, 0.4) is 0 Å². The van der Waals surface area contributed by atoms with Crippen LogP contribution in [0.4, 0.5) is 4.79 Å². The van der Waals surface area contributed by atoms with E-state index in [4.69, 9.17) is 5.73 Å². The first-order chi connectivity index (χ1) is 18.2. The van der Waals surface area contributed by atoms with Crippen molar-refractivity contribution in [2.45, 2.75) is 63.3 Å². The molecule has 10 heteroatoms. The van der Waals surface area contributed by atoms with Crippen LogP contribution in [0.1, 0.15) is 63.4 Å². The minimum absolute atomic E-state index is 0.0365. The maximum absolute atomic E-state index is 13.4. The van der Waals surface area contributed by atoms with E-state index in [1.165, 1.54) is 14.3 Å². The Hall–Kier alpha value is -3.58. The SMILES string of the molecule is Cn1c(=O)n(N2CCC(=O)NC2=O)c2ccc(C#CC3CCN(C(=O)C45CCC(N)(CC4)CC5)CC3)cc21. The molecule has 200 valence electrons. The lowest BCUT2D eigenvalue weighted by atomic mass is 9.57. The van der Waals surface area contributed by atoms with Crippen LogP contribution in [-0.2, 0) is 16.6 Å². The van der Waals surface area contributed by atoms with E-state index in [1.807, 2.05) is 12.1 Å². The van der Waals surface area contributed by atoms with Gasteiger partial charge in [0.25, 0.3) is 0 Å². The number of urea groups is 1. The number of imidazole rings is 1. The van der Waals surface area contributed by atoms with E-state index in [1.54, 1.807) is 13.1 Å². The topological polar surface area (TPSA) is 123 Å². The third kappa shape index (κ3) is 4.09. The molecule has 0 unspecified atom stereocenters. The molecule has 5 aliphatic rings. The van der Waals surface area contributed by atoms with Crippen LogP contribution in [0.5, 0.6) is 0 Å². The van der Waals surface area contributed by atoms with E-state index in [2.05, 4.69) is 22.1 Å². The molecule has 3 heterocycles. The summed E-state index contributed by atoms with van der Waals surface area (Å²) in [5, 5.41) is 3.52. The number of hydrogen-bond donors (Lipinski definition) is 2. The van der Waals surface area contributed by atoms with Crippen molar-refractivity contribution >= 4 is 28.9 Å². The summed E-state index contributed by atoms with van der Waals surface area (Å²) < 4.78 is 2.80. The van der Waals surface area contributed by atoms with Gasteiger partial charge in [0.15, 0.2) is 0 Å². The molecular formula is C28H34N6O4. The molecule has 0 spiro atoms. The van der Waals surface area contributed by atoms with Crippen LogP contribution in [-0.4, -0.2) is 57.2 Å². The van der Waals surface area contributed by atoms with Gasteiger partial charge in [-0.2, -0.15) is 4.68 Å². The quantitative estimate of drug-likeness (QED) is 0.585. The zero-order chi connectivity index (χ0) is 26.7. The maximum Gasteiger partial charge on any atom is 0.348 e. The summed E-state index contributed by atoms with van der Waals surface area (Å²) in [6.07, 6.45) is 7.52. The zero-order valence-electron chi connectivity index (χ0n) is 21.8. The molecular weight excluding hydrogens is 484 g/mol. The summed E-state index contributed by atoms with van der Waals surface area (Å²) >= 11 is 0.